The first-order valence-electron chi connectivity index (χ1n) is 15.9. The summed E-state index contributed by atoms with van der Waals surface area (Å²) in [6.07, 6.45) is -1.14. The topological polar surface area (TPSA) is 113 Å². The van der Waals surface area contributed by atoms with Gasteiger partial charge in [0.15, 0.2) is 17.2 Å². The lowest BCUT2D eigenvalue weighted by molar-refractivity contribution is -0.155. The molecule has 0 bridgehead atoms. The van der Waals surface area contributed by atoms with Gasteiger partial charge in [0.1, 0.15) is 12.1 Å². The molecule has 2 aromatic carbocycles. The van der Waals surface area contributed by atoms with Crippen molar-refractivity contribution in [2.75, 3.05) is 13.9 Å². The zero-order valence-corrected chi connectivity index (χ0v) is 27.4. The summed E-state index contributed by atoms with van der Waals surface area (Å²) >= 11 is 0. The van der Waals surface area contributed by atoms with Crippen molar-refractivity contribution in [3.63, 3.8) is 0 Å². The van der Waals surface area contributed by atoms with Gasteiger partial charge < -0.3 is 24.3 Å². The number of pyridine rings is 1. The number of nitrogens with zero attached hydrogens (tertiary/aromatic N) is 1. The van der Waals surface area contributed by atoms with Crippen molar-refractivity contribution >= 4 is 17.8 Å². The largest absolute Gasteiger partial charge is 0.493 e. The van der Waals surface area contributed by atoms with E-state index in [1.54, 1.807) is 13.8 Å². The molecule has 0 spiro atoms. The quantitative estimate of drug-likeness (QED) is 0.180. The van der Waals surface area contributed by atoms with Gasteiger partial charge in [-0.2, -0.15) is 13.2 Å². The third kappa shape index (κ3) is 9.71. The molecule has 1 aromatic heterocycles. The molecular formula is C36H41F3N2O7. The lowest BCUT2D eigenvalue weighted by Gasteiger charge is -2.31. The molecule has 1 fully saturated rings. The van der Waals surface area contributed by atoms with Crippen LogP contribution in [-0.4, -0.2) is 48.9 Å². The Morgan fingerprint density at radius 2 is 1.69 bits per heavy atom. The number of halogens is 3. The molecule has 0 aliphatic carbocycles. The molecule has 1 aliphatic rings. The number of ether oxygens (including phenoxy) is 4. The highest BCUT2D eigenvalue weighted by Crippen LogP contribution is 2.35. The second-order valence-electron chi connectivity index (χ2n) is 12.2. The summed E-state index contributed by atoms with van der Waals surface area (Å²) in [5.41, 5.74) is 0.919. The van der Waals surface area contributed by atoms with Gasteiger partial charge in [0.25, 0.3) is 5.91 Å². The van der Waals surface area contributed by atoms with E-state index < -0.39 is 48.5 Å². The molecule has 1 amide bonds. The van der Waals surface area contributed by atoms with Crippen LogP contribution in [0.15, 0.2) is 66.9 Å². The van der Waals surface area contributed by atoms with Gasteiger partial charge in [0.2, 0.25) is 6.79 Å². The number of aromatic nitrogens is 1. The molecular weight excluding hydrogens is 629 g/mol. The van der Waals surface area contributed by atoms with Gasteiger partial charge in [0.05, 0.1) is 18.6 Å². The second-order valence-corrected chi connectivity index (χ2v) is 12.2. The van der Waals surface area contributed by atoms with Crippen LogP contribution in [0.2, 0.25) is 0 Å². The summed E-state index contributed by atoms with van der Waals surface area (Å²) in [7, 11) is 1.38. The van der Waals surface area contributed by atoms with Gasteiger partial charge in [-0.05, 0) is 61.8 Å². The molecule has 0 radical (unpaired) electrons. The highest BCUT2D eigenvalue weighted by atomic mass is 19.4. The van der Waals surface area contributed by atoms with Gasteiger partial charge in [-0.1, -0.05) is 62.7 Å². The molecule has 4 unspecified atom stereocenters. The summed E-state index contributed by atoms with van der Waals surface area (Å²) in [6.45, 7) is 4.67. The molecule has 1 N–H and O–H groups in total. The molecule has 258 valence electrons. The van der Waals surface area contributed by atoms with E-state index in [0.717, 1.165) is 23.3 Å². The van der Waals surface area contributed by atoms with E-state index in [2.05, 4.69) is 10.3 Å². The average molecular weight is 671 g/mol. The van der Waals surface area contributed by atoms with Crippen molar-refractivity contribution < 1.29 is 46.5 Å². The Balaban J connectivity index is 1.54. The second kappa shape index (κ2) is 16.5. The number of methoxy groups -OCH3 is 1. The van der Waals surface area contributed by atoms with E-state index >= 15 is 0 Å². The van der Waals surface area contributed by atoms with Crippen LogP contribution in [0.3, 0.4) is 0 Å². The van der Waals surface area contributed by atoms with E-state index in [-0.39, 0.29) is 41.4 Å². The van der Waals surface area contributed by atoms with Gasteiger partial charge in [0, 0.05) is 18.2 Å². The third-order valence-corrected chi connectivity index (χ3v) is 8.44. The number of nitrogens with one attached hydrogen (secondary N) is 1. The fourth-order valence-electron chi connectivity index (χ4n) is 5.82. The maximum Gasteiger partial charge on any atom is 0.416 e. The Morgan fingerprint density at radius 3 is 2.33 bits per heavy atom. The van der Waals surface area contributed by atoms with Crippen LogP contribution in [0, 0.1) is 17.8 Å². The Kier molecular flexibility index (Phi) is 12.4. The van der Waals surface area contributed by atoms with E-state index in [0.29, 0.717) is 25.7 Å². The number of rotatable bonds is 11. The summed E-state index contributed by atoms with van der Waals surface area (Å²) in [5.74, 6) is -2.26. The van der Waals surface area contributed by atoms with Crippen molar-refractivity contribution in [2.24, 2.45) is 17.8 Å². The Labute approximate surface area is 278 Å². The van der Waals surface area contributed by atoms with Gasteiger partial charge in [-0.25, -0.2) is 9.78 Å². The van der Waals surface area contributed by atoms with Crippen LogP contribution in [0.4, 0.5) is 13.2 Å². The SMILES string of the molecule is COc1ccnc(C(=O)NC2CCCC(Cc3ccc(C(F)(F)F)cc3)C(Cc3ccccc3)C(C)OC2=O)c1OCOC(=O)C(C)C. The van der Waals surface area contributed by atoms with Crippen molar-refractivity contribution in [3.05, 3.63) is 89.2 Å². The summed E-state index contributed by atoms with van der Waals surface area (Å²) < 4.78 is 61.6. The van der Waals surface area contributed by atoms with Crippen LogP contribution in [0.25, 0.3) is 0 Å². The molecule has 0 saturated carbocycles. The Morgan fingerprint density at radius 1 is 1.00 bits per heavy atom. The summed E-state index contributed by atoms with van der Waals surface area (Å²) in [4.78, 5) is 43.1. The fourth-order valence-corrected chi connectivity index (χ4v) is 5.82. The lowest BCUT2D eigenvalue weighted by Crippen LogP contribution is -2.43. The monoisotopic (exact) mass is 670 g/mol. The van der Waals surface area contributed by atoms with Crippen LogP contribution in [-0.2, 0) is 38.1 Å². The van der Waals surface area contributed by atoms with E-state index in [1.807, 2.05) is 37.3 Å². The minimum atomic E-state index is -4.43. The molecule has 3 aromatic rings. The summed E-state index contributed by atoms with van der Waals surface area (Å²) in [5, 5.41) is 2.73. The maximum atomic E-state index is 13.5. The maximum absolute atomic E-state index is 13.5. The number of hydrogen-bond donors (Lipinski definition) is 1. The van der Waals surface area contributed by atoms with Crippen LogP contribution in [0.5, 0.6) is 11.5 Å². The van der Waals surface area contributed by atoms with Crippen molar-refractivity contribution in [1.82, 2.24) is 10.3 Å². The zero-order valence-electron chi connectivity index (χ0n) is 27.4. The number of benzene rings is 2. The van der Waals surface area contributed by atoms with E-state index in [9.17, 15) is 27.6 Å². The normalized spacial score (nSPS) is 20.1. The first-order valence-corrected chi connectivity index (χ1v) is 15.9. The van der Waals surface area contributed by atoms with Crippen LogP contribution < -0.4 is 14.8 Å². The minimum absolute atomic E-state index is 0.0344. The first kappa shape index (κ1) is 36.2. The van der Waals surface area contributed by atoms with E-state index in [4.69, 9.17) is 18.9 Å². The molecule has 48 heavy (non-hydrogen) atoms. The molecule has 12 heteroatoms. The van der Waals surface area contributed by atoms with E-state index in [1.165, 1.54) is 31.5 Å². The number of esters is 2. The van der Waals surface area contributed by atoms with Crippen LogP contribution in [0.1, 0.15) is 67.2 Å². The predicted molar refractivity (Wildman–Crippen MR) is 170 cm³/mol. The first-order chi connectivity index (χ1) is 22.9. The summed E-state index contributed by atoms with van der Waals surface area (Å²) in [6, 6.07) is 15.4. The molecule has 1 aliphatic heterocycles. The lowest BCUT2D eigenvalue weighted by atomic mass is 9.77. The molecule has 4 atom stereocenters. The molecule has 4 rings (SSSR count). The minimum Gasteiger partial charge on any atom is -0.493 e. The van der Waals surface area contributed by atoms with Gasteiger partial charge in [-0.3, -0.25) is 9.59 Å². The van der Waals surface area contributed by atoms with Gasteiger partial charge in [-0.15, -0.1) is 0 Å². The average Bonchev–Trinajstić information content (AvgIpc) is 3.10. The highest BCUT2D eigenvalue weighted by molar-refractivity contribution is 5.98. The highest BCUT2D eigenvalue weighted by Gasteiger charge is 2.36. The smallest absolute Gasteiger partial charge is 0.416 e. The number of carbonyl (C=O) groups excluding carboxylic acids is 3. The third-order valence-electron chi connectivity index (χ3n) is 8.44. The standard InChI is InChI=1S/C36H41F3N2O7/c1-22(2)34(43)47-21-46-32-30(45-4)17-18-40-31(32)33(42)41-29-12-8-11-26(19-25-13-15-27(16-14-25)36(37,38)39)28(23(3)48-35(29)44)20-24-9-6-5-7-10-24/h5-7,9-10,13-18,22-23,26,28-29H,8,11-12,19-21H2,1-4H3,(H,41,42). The number of amides is 1. The number of cyclic esters (lactones) is 1. The fraction of sp³-hybridized carbons (Fsp3) is 0.444. The Hall–Kier alpha value is -4.61. The zero-order chi connectivity index (χ0) is 34.8. The van der Waals surface area contributed by atoms with Crippen molar-refractivity contribution in [1.29, 1.82) is 0 Å². The number of alkyl halides is 3. The van der Waals surface area contributed by atoms with Crippen molar-refractivity contribution in [3.8, 4) is 11.5 Å². The molecule has 9 nitrogen and oxygen atoms in total. The predicted octanol–water partition coefficient (Wildman–Crippen LogP) is 6.58. The van der Waals surface area contributed by atoms with Crippen LogP contribution >= 0.6 is 0 Å². The van der Waals surface area contributed by atoms with Crippen molar-refractivity contribution in [2.45, 2.75) is 71.2 Å². The molecule has 2 heterocycles. The number of hydrogen-bond acceptors (Lipinski definition) is 8. The van der Waals surface area contributed by atoms with Gasteiger partial charge >= 0.3 is 18.1 Å². The number of carbonyl (C=O) groups is 3. The Bertz CT molecular complexity index is 1530. The molecule has 1 saturated heterocycles.